The molecule has 0 unspecified atom stereocenters. The highest BCUT2D eigenvalue weighted by Gasteiger charge is 2.04. The highest BCUT2D eigenvalue weighted by molar-refractivity contribution is 5.88. The molecule has 0 radical (unpaired) electrons. The van der Waals surface area contributed by atoms with E-state index in [4.69, 9.17) is 4.52 Å². The molecule has 0 spiro atoms. The molecule has 0 atom stereocenters. The van der Waals surface area contributed by atoms with Crippen LogP contribution in [0.4, 0.5) is 10.6 Å². The van der Waals surface area contributed by atoms with E-state index >= 15 is 0 Å². The van der Waals surface area contributed by atoms with Crippen LogP contribution in [0.2, 0.25) is 0 Å². The Morgan fingerprint density at radius 1 is 1.56 bits per heavy atom. The summed E-state index contributed by atoms with van der Waals surface area (Å²) in [5.41, 5.74) is 0. The van der Waals surface area contributed by atoms with Gasteiger partial charge in [0.1, 0.15) is 5.76 Å². The molecule has 0 aliphatic rings. The van der Waals surface area contributed by atoms with Crippen LogP contribution in [0.1, 0.15) is 12.2 Å². The minimum Gasteiger partial charge on any atom is -0.360 e. The van der Waals surface area contributed by atoms with Gasteiger partial charge in [-0.2, -0.15) is 0 Å². The van der Waals surface area contributed by atoms with Gasteiger partial charge in [0, 0.05) is 31.5 Å². The van der Waals surface area contributed by atoms with Gasteiger partial charge in [-0.1, -0.05) is 5.16 Å². The SMILES string of the molecule is Cc1cc(NC(=O)NCCCn2ccnc2)no1. The predicted molar refractivity (Wildman–Crippen MR) is 65.1 cm³/mol. The van der Waals surface area contributed by atoms with Crippen molar-refractivity contribution in [3.05, 3.63) is 30.5 Å². The summed E-state index contributed by atoms with van der Waals surface area (Å²) < 4.78 is 6.80. The van der Waals surface area contributed by atoms with Crippen molar-refractivity contribution in [2.75, 3.05) is 11.9 Å². The van der Waals surface area contributed by atoms with Crippen molar-refractivity contribution in [1.29, 1.82) is 0 Å². The van der Waals surface area contributed by atoms with Crippen LogP contribution in [-0.4, -0.2) is 27.3 Å². The zero-order valence-corrected chi connectivity index (χ0v) is 10.1. The minimum atomic E-state index is -0.283. The van der Waals surface area contributed by atoms with Crippen LogP contribution in [0.25, 0.3) is 0 Å². The van der Waals surface area contributed by atoms with Crippen LogP contribution in [0, 0.1) is 6.92 Å². The topological polar surface area (TPSA) is 85.0 Å². The Bertz CT molecular complexity index is 491. The van der Waals surface area contributed by atoms with E-state index in [0.717, 1.165) is 13.0 Å². The first kappa shape index (κ1) is 12.2. The first-order chi connectivity index (χ1) is 8.74. The summed E-state index contributed by atoms with van der Waals surface area (Å²) in [4.78, 5) is 15.4. The maximum Gasteiger partial charge on any atom is 0.320 e. The number of hydrogen-bond acceptors (Lipinski definition) is 4. The van der Waals surface area contributed by atoms with Crippen molar-refractivity contribution in [1.82, 2.24) is 20.0 Å². The first-order valence-corrected chi connectivity index (χ1v) is 5.68. The van der Waals surface area contributed by atoms with Crippen LogP contribution >= 0.6 is 0 Å². The van der Waals surface area contributed by atoms with Gasteiger partial charge in [-0.15, -0.1) is 0 Å². The Balaban J connectivity index is 1.63. The Kier molecular flexibility index (Phi) is 3.95. The lowest BCUT2D eigenvalue weighted by molar-refractivity contribution is 0.251. The molecule has 0 bridgehead atoms. The number of rotatable bonds is 5. The van der Waals surface area contributed by atoms with Gasteiger partial charge in [0.15, 0.2) is 5.82 Å². The van der Waals surface area contributed by atoms with E-state index in [1.165, 1.54) is 0 Å². The van der Waals surface area contributed by atoms with E-state index in [2.05, 4.69) is 20.8 Å². The van der Waals surface area contributed by atoms with E-state index in [0.29, 0.717) is 18.1 Å². The number of hydrogen-bond donors (Lipinski definition) is 2. The van der Waals surface area contributed by atoms with E-state index in [1.807, 2.05) is 10.8 Å². The zero-order valence-electron chi connectivity index (χ0n) is 10.1. The molecule has 0 fully saturated rings. The fourth-order valence-electron chi connectivity index (χ4n) is 1.47. The number of carbonyl (C=O) groups is 1. The normalized spacial score (nSPS) is 10.3. The van der Waals surface area contributed by atoms with Gasteiger partial charge in [0.2, 0.25) is 0 Å². The zero-order chi connectivity index (χ0) is 12.8. The van der Waals surface area contributed by atoms with Crippen LogP contribution < -0.4 is 10.6 Å². The largest absolute Gasteiger partial charge is 0.360 e. The van der Waals surface area contributed by atoms with Crippen molar-refractivity contribution in [3.8, 4) is 0 Å². The molecule has 7 nitrogen and oxygen atoms in total. The van der Waals surface area contributed by atoms with Gasteiger partial charge in [0.25, 0.3) is 0 Å². The van der Waals surface area contributed by atoms with Crippen LogP contribution in [0.5, 0.6) is 0 Å². The van der Waals surface area contributed by atoms with Crippen LogP contribution in [0.3, 0.4) is 0 Å². The summed E-state index contributed by atoms with van der Waals surface area (Å²) in [6.45, 7) is 3.17. The van der Waals surface area contributed by atoms with Crippen LogP contribution in [0.15, 0.2) is 29.3 Å². The molecule has 0 saturated carbocycles. The highest BCUT2D eigenvalue weighted by atomic mass is 16.5. The number of carbonyl (C=O) groups excluding carboxylic acids is 1. The predicted octanol–water partition coefficient (Wildman–Crippen LogP) is 1.39. The lowest BCUT2D eigenvalue weighted by Gasteiger charge is -2.05. The third-order valence-electron chi connectivity index (χ3n) is 2.31. The smallest absolute Gasteiger partial charge is 0.320 e. The lowest BCUT2D eigenvalue weighted by Crippen LogP contribution is -2.30. The summed E-state index contributed by atoms with van der Waals surface area (Å²) in [6, 6.07) is 1.37. The molecule has 2 amide bonds. The van der Waals surface area contributed by atoms with Gasteiger partial charge < -0.3 is 14.4 Å². The molecule has 2 rings (SSSR count). The van der Waals surface area contributed by atoms with Crippen molar-refractivity contribution >= 4 is 11.8 Å². The number of aromatic nitrogens is 3. The Labute approximate surface area is 104 Å². The highest BCUT2D eigenvalue weighted by Crippen LogP contribution is 2.06. The standard InChI is InChI=1S/C11H15N5O2/c1-9-7-10(15-18-9)14-11(17)13-3-2-5-16-6-4-12-8-16/h4,6-8H,2-3,5H2,1H3,(H2,13,14,15,17). The number of urea groups is 1. The Morgan fingerprint density at radius 3 is 3.11 bits per heavy atom. The average molecular weight is 249 g/mol. The summed E-state index contributed by atoms with van der Waals surface area (Å²) in [6.07, 6.45) is 6.20. The third-order valence-corrected chi connectivity index (χ3v) is 2.31. The van der Waals surface area contributed by atoms with E-state index in [-0.39, 0.29) is 6.03 Å². The second-order valence-corrected chi connectivity index (χ2v) is 3.86. The average Bonchev–Trinajstić information content (AvgIpc) is 2.96. The Morgan fingerprint density at radius 2 is 2.44 bits per heavy atom. The van der Waals surface area contributed by atoms with Gasteiger partial charge in [-0.05, 0) is 13.3 Å². The molecule has 18 heavy (non-hydrogen) atoms. The maximum atomic E-state index is 11.5. The van der Waals surface area contributed by atoms with Crippen molar-refractivity contribution in [2.45, 2.75) is 19.9 Å². The molecule has 2 N–H and O–H groups in total. The first-order valence-electron chi connectivity index (χ1n) is 5.68. The number of amides is 2. The molecule has 2 aromatic rings. The van der Waals surface area contributed by atoms with E-state index in [1.54, 1.807) is 25.5 Å². The summed E-state index contributed by atoms with van der Waals surface area (Å²) in [7, 11) is 0. The number of anilines is 1. The summed E-state index contributed by atoms with van der Waals surface area (Å²) in [5.74, 6) is 1.07. The van der Waals surface area contributed by atoms with Crippen molar-refractivity contribution in [3.63, 3.8) is 0 Å². The number of imidazole rings is 1. The number of nitrogens with one attached hydrogen (secondary N) is 2. The molecule has 0 aliphatic carbocycles. The number of nitrogens with zero attached hydrogens (tertiary/aromatic N) is 3. The fourth-order valence-corrected chi connectivity index (χ4v) is 1.47. The molecular weight excluding hydrogens is 234 g/mol. The molecule has 0 aromatic carbocycles. The summed E-state index contributed by atoms with van der Waals surface area (Å²) in [5, 5.41) is 8.99. The van der Waals surface area contributed by atoms with E-state index in [9.17, 15) is 4.79 Å². The van der Waals surface area contributed by atoms with Gasteiger partial charge >= 0.3 is 6.03 Å². The fraction of sp³-hybridized carbons (Fsp3) is 0.364. The summed E-state index contributed by atoms with van der Waals surface area (Å²) >= 11 is 0. The lowest BCUT2D eigenvalue weighted by atomic mass is 10.4. The third kappa shape index (κ3) is 3.62. The number of aryl methyl sites for hydroxylation is 2. The monoisotopic (exact) mass is 249 g/mol. The van der Waals surface area contributed by atoms with Gasteiger partial charge in [-0.25, -0.2) is 9.78 Å². The molecule has 0 saturated heterocycles. The molecule has 0 aliphatic heterocycles. The van der Waals surface area contributed by atoms with Gasteiger partial charge in [0.05, 0.1) is 6.33 Å². The molecule has 96 valence electrons. The van der Waals surface area contributed by atoms with E-state index < -0.39 is 0 Å². The van der Waals surface area contributed by atoms with Gasteiger partial charge in [-0.3, -0.25) is 5.32 Å². The van der Waals surface area contributed by atoms with Crippen molar-refractivity contribution in [2.24, 2.45) is 0 Å². The van der Waals surface area contributed by atoms with Crippen molar-refractivity contribution < 1.29 is 9.32 Å². The molecule has 7 heteroatoms. The van der Waals surface area contributed by atoms with Crippen LogP contribution in [-0.2, 0) is 6.54 Å². The second kappa shape index (κ2) is 5.85. The maximum absolute atomic E-state index is 11.5. The quantitative estimate of drug-likeness (QED) is 0.784. The Hall–Kier alpha value is -2.31. The molecular formula is C11H15N5O2. The molecule has 2 aromatic heterocycles. The molecule has 2 heterocycles. The minimum absolute atomic E-state index is 0.283. The second-order valence-electron chi connectivity index (χ2n) is 3.86.